The van der Waals surface area contributed by atoms with Crippen molar-refractivity contribution in [2.24, 2.45) is 5.92 Å². The number of rotatable bonds is 8. The summed E-state index contributed by atoms with van der Waals surface area (Å²) in [6, 6.07) is 3.53. The molecule has 0 bridgehead atoms. The first-order chi connectivity index (χ1) is 20.3. The van der Waals surface area contributed by atoms with Gasteiger partial charge in [-0.3, -0.25) is 4.79 Å². The lowest BCUT2D eigenvalue weighted by Crippen LogP contribution is -2.77. The molecule has 0 spiro atoms. The van der Waals surface area contributed by atoms with Crippen molar-refractivity contribution in [1.29, 1.82) is 0 Å². The summed E-state index contributed by atoms with van der Waals surface area (Å²) in [7, 11) is 1.64. The fraction of sp³-hybridized carbons (Fsp3) is 0.630. The number of nitrogens with zero attached hydrogens (tertiary/aromatic N) is 1. The van der Waals surface area contributed by atoms with Gasteiger partial charge in [0.1, 0.15) is 18.0 Å². The normalized spacial score (nSPS) is 35.9. The van der Waals surface area contributed by atoms with Crippen LogP contribution in [-0.4, -0.2) is 94.3 Å². The number of hydrogen-bond donors (Lipinski definition) is 6. The Labute approximate surface area is 249 Å². The molecule has 1 aromatic heterocycles. The Morgan fingerprint density at radius 1 is 1.19 bits per heavy atom. The first kappa shape index (κ1) is 31.8. The van der Waals surface area contributed by atoms with E-state index in [-0.39, 0.29) is 18.6 Å². The van der Waals surface area contributed by atoms with E-state index < -0.39 is 72.9 Å². The number of likely N-dealkylation sites (N-methyl/N-ethyl adjacent to an activating group) is 1. The van der Waals surface area contributed by atoms with E-state index in [4.69, 9.17) is 14.2 Å². The van der Waals surface area contributed by atoms with Crippen LogP contribution in [0, 0.1) is 5.92 Å². The Bertz CT molecular complexity index is 1270. The van der Waals surface area contributed by atoms with E-state index in [0.29, 0.717) is 22.9 Å². The number of hydrogen-bond acceptors (Lipinski definition) is 12. The zero-order valence-electron chi connectivity index (χ0n) is 23.6. The molecule has 1 aromatic carbocycles. The Kier molecular flexibility index (Phi) is 9.21. The first-order valence-electron chi connectivity index (χ1n) is 13.9. The summed E-state index contributed by atoms with van der Waals surface area (Å²) in [4.78, 5) is 17.5. The number of amides is 1. The molecule has 3 aliphatic rings. The van der Waals surface area contributed by atoms with Gasteiger partial charge in [0.15, 0.2) is 5.13 Å². The summed E-state index contributed by atoms with van der Waals surface area (Å²) in [5.41, 5.74) is 0.895. The van der Waals surface area contributed by atoms with E-state index in [9.17, 15) is 33.3 Å². The molecule has 16 heteroatoms. The second-order valence-electron chi connectivity index (χ2n) is 11.0. The van der Waals surface area contributed by atoms with Gasteiger partial charge in [0.05, 0.1) is 42.5 Å². The summed E-state index contributed by atoms with van der Waals surface area (Å²) in [5.74, 6) is -3.40. The van der Waals surface area contributed by atoms with Gasteiger partial charge in [-0.25, -0.2) is 4.98 Å². The number of aliphatic hydroxyl groups is 3. The number of nitrogens with one attached hydrogen (secondary N) is 3. The predicted octanol–water partition coefficient (Wildman–Crippen LogP) is 1.77. The molecule has 2 aromatic rings. The number of ether oxygens (including phenoxy) is 4. The van der Waals surface area contributed by atoms with Gasteiger partial charge in [-0.05, 0) is 51.1 Å². The topological polar surface area (TPSA) is 164 Å². The van der Waals surface area contributed by atoms with E-state index >= 15 is 0 Å². The van der Waals surface area contributed by atoms with Crippen LogP contribution in [0.5, 0.6) is 5.75 Å². The van der Waals surface area contributed by atoms with Crippen LogP contribution in [0.15, 0.2) is 29.6 Å². The zero-order chi connectivity index (χ0) is 31.1. The van der Waals surface area contributed by atoms with E-state index in [1.54, 1.807) is 19.4 Å². The number of benzene rings is 1. The third-order valence-electron chi connectivity index (χ3n) is 8.00. The molecule has 0 radical (unpaired) electrons. The van der Waals surface area contributed by atoms with Crippen LogP contribution in [0.1, 0.15) is 32.4 Å². The second-order valence-corrected chi connectivity index (χ2v) is 11.8. The average molecular weight is 633 g/mol. The van der Waals surface area contributed by atoms with Crippen molar-refractivity contribution in [3.05, 3.63) is 35.3 Å². The number of carbonyl (C=O) groups is 1. The van der Waals surface area contributed by atoms with Gasteiger partial charge >= 0.3 is 6.36 Å². The Hall–Kier alpha value is -2.57. The molecule has 43 heavy (non-hydrogen) atoms. The number of halogens is 3. The van der Waals surface area contributed by atoms with Gasteiger partial charge in [-0.2, -0.15) is 0 Å². The van der Waals surface area contributed by atoms with Crippen LogP contribution in [0.4, 0.5) is 24.0 Å². The van der Waals surface area contributed by atoms with Gasteiger partial charge in [0.25, 0.3) is 0 Å². The predicted molar refractivity (Wildman–Crippen MR) is 146 cm³/mol. The van der Waals surface area contributed by atoms with E-state index in [0.717, 1.165) is 0 Å². The Morgan fingerprint density at radius 3 is 2.56 bits per heavy atom. The van der Waals surface area contributed by atoms with Gasteiger partial charge in [0, 0.05) is 17.0 Å². The third-order valence-corrected chi connectivity index (χ3v) is 8.80. The minimum absolute atomic E-state index is 0.134. The molecule has 1 aliphatic carbocycles. The van der Waals surface area contributed by atoms with Crippen molar-refractivity contribution in [3.63, 3.8) is 0 Å². The van der Waals surface area contributed by atoms with Crippen LogP contribution in [0.2, 0.25) is 0 Å². The Balaban J connectivity index is 1.23. The fourth-order valence-electron chi connectivity index (χ4n) is 5.96. The maximum atomic E-state index is 13.1. The smallest absolute Gasteiger partial charge is 0.406 e. The summed E-state index contributed by atoms with van der Waals surface area (Å²) < 4.78 is 59.1. The minimum atomic E-state index is -4.79. The Morgan fingerprint density at radius 2 is 1.91 bits per heavy atom. The van der Waals surface area contributed by atoms with Crippen molar-refractivity contribution < 1.29 is 52.2 Å². The lowest BCUT2D eigenvalue weighted by molar-refractivity contribution is -0.450. The largest absolute Gasteiger partial charge is 0.573 e. The summed E-state index contributed by atoms with van der Waals surface area (Å²) in [5, 5.41) is 44.4. The molecular formula is C27H35F3N4O8S. The third kappa shape index (κ3) is 6.76. The molecule has 5 rings (SSSR count). The van der Waals surface area contributed by atoms with Crippen molar-refractivity contribution in [2.45, 2.75) is 94.2 Å². The van der Waals surface area contributed by atoms with E-state index in [2.05, 4.69) is 25.7 Å². The van der Waals surface area contributed by atoms with Gasteiger partial charge in [-0.15, -0.1) is 24.5 Å². The summed E-state index contributed by atoms with van der Waals surface area (Å²) >= 11 is 1.20. The first-order valence-corrected chi connectivity index (χ1v) is 14.8. The van der Waals surface area contributed by atoms with E-state index in [1.165, 1.54) is 35.6 Å². The lowest BCUT2D eigenvalue weighted by Gasteiger charge is -2.58. The number of aromatic nitrogens is 1. The minimum Gasteiger partial charge on any atom is -0.406 e. The standard InChI is InChI=1S/C27H35F3N4O8S/c1-4-16-20(36)19(31-3)22-23(21(16)37)40-24-26(38,42-22)17(9-12(2)39-24)34-18(35)10-14-11-43-25(33-14)32-13-5-7-15(8-6-13)41-27(28,29)30/h5-8,11-12,16-17,19-24,31,36-38H,4,9-10H2,1-3H3,(H,32,33)(H,34,35)/t12-,16-,17-,19+,20+,21+,22?,23?,24?,26+/m1/s1. The van der Waals surface area contributed by atoms with Crippen molar-refractivity contribution in [3.8, 4) is 5.75 Å². The van der Waals surface area contributed by atoms with Crippen LogP contribution < -0.4 is 20.7 Å². The van der Waals surface area contributed by atoms with Gasteiger partial charge in [0.2, 0.25) is 18.0 Å². The van der Waals surface area contributed by atoms with E-state index in [1.807, 2.05) is 6.92 Å². The number of aliphatic hydroxyl groups excluding tert-OH is 2. The summed E-state index contributed by atoms with van der Waals surface area (Å²) in [6.45, 7) is 3.62. The lowest BCUT2D eigenvalue weighted by atomic mass is 9.74. The van der Waals surface area contributed by atoms with Crippen molar-refractivity contribution in [2.75, 3.05) is 12.4 Å². The summed E-state index contributed by atoms with van der Waals surface area (Å²) in [6.07, 6.45) is -9.80. The monoisotopic (exact) mass is 632 g/mol. The number of thiazole rings is 1. The van der Waals surface area contributed by atoms with Gasteiger partial charge in [-0.1, -0.05) is 6.92 Å². The zero-order valence-corrected chi connectivity index (χ0v) is 24.4. The van der Waals surface area contributed by atoms with Gasteiger partial charge < -0.3 is 50.2 Å². The molecule has 3 fully saturated rings. The maximum Gasteiger partial charge on any atom is 0.573 e. The maximum absolute atomic E-state index is 13.1. The quantitative estimate of drug-likeness (QED) is 0.251. The molecular weight excluding hydrogens is 597 g/mol. The highest BCUT2D eigenvalue weighted by molar-refractivity contribution is 7.13. The molecule has 12 nitrogen and oxygen atoms in total. The second kappa shape index (κ2) is 12.4. The average Bonchev–Trinajstić information content (AvgIpc) is 3.36. The molecule has 2 aliphatic heterocycles. The van der Waals surface area contributed by atoms with Crippen LogP contribution in [-0.2, 0) is 25.4 Å². The molecule has 10 atom stereocenters. The molecule has 3 unspecified atom stereocenters. The molecule has 1 saturated carbocycles. The number of fused-ring (bicyclic) bond motifs is 2. The highest BCUT2D eigenvalue weighted by Gasteiger charge is 2.63. The number of alkyl halides is 3. The van der Waals surface area contributed by atoms with Crippen LogP contribution in [0.25, 0.3) is 0 Å². The van der Waals surface area contributed by atoms with Crippen molar-refractivity contribution >= 4 is 28.1 Å². The SMILES string of the molecule is CC[C@@H]1[C@H](O)[C@H](NC)C2O[C@]3(O)C(OC2[C@H]1O)O[C@H](C)C[C@H]3NC(=O)Cc1csc(Nc2ccc(OC(F)(F)F)cc2)n1. The van der Waals surface area contributed by atoms with Crippen molar-refractivity contribution in [1.82, 2.24) is 15.6 Å². The number of carbonyl (C=O) groups excluding carboxylic acids is 1. The molecule has 6 N–H and O–H groups in total. The highest BCUT2D eigenvalue weighted by Crippen LogP contribution is 2.43. The van der Waals surface area contributed by atoms with Crippen LogP contribution >= 0.6 is 11.3 Å². The van der Waals surface area contributed by atoms with Crippen LogP contribution in [0.3, 0.4) is 0 Å². The fourth-order valence-corrected chi connectivity index (χ4v) is 6.69. The molecule has 1 amide bonds. The molecule has 3 heterocycles. The molecule has 2 saturated heterocycles. The highest BCUT2D eigenvalue weighted by atomic mass is 32.1. The number of anilines is 2. The molecule has 238 valence electrons.